The molecule has 106 valence electrons. The maximum absolute atomic E-state index is 11.4. The molecule has 0 N–H and O–H groups in total. The van der Waals surface area contributed by atoms with Crippen molar-refractivity contribution in [2.45, 2.75) is 19.1 Å². The summed E-state index contributed by atoms with van der Waals surface area (Å²) in [7, 11) is 0. The van der Waals surface area contributed by atoms with Crippen LogP contribution in [0.2, 0.25) is 0 Å². The summed E-state index contributed by atoms with van der Waals surface area (Å²) in [6, 6.07) is 9.66. The molecule has 1 unspecified atom stereocenters. The van der Waals surface area contributed by atoms with Crippen LogP contribution in [0.15, 0.2) is 30.3 Å². The number of tetrazole rings is 1. The van der Waals surface area contributed by atoms with Gasteiger partial charge in [0.25, 0.3) is 0 Å². The molecule has 1 aromatic carbocycles. The largest absolute Gasteiger partial charge is 0.465 e. The summed E-state index contributed by atoms with van der Waals surface area (Å²) in [6.07, 6.45) is 0. The zero-order chi connectivity index (χ0) is 14.4. The number of hydrogen-bond donors (Lipinski definition) is 0. The van der Waals surface area contributed by atoms with Crippen molar-refractivity contribution in [2.24, 2.45) is 0 Å². The van der Waals surface area contributed by atoms with Crippen molar-refractivity contribution in [1.82, 2.24) is 20.2 Å². The second kappa shape index (κ2) is 7.04. The van der Waals surface area contributed by atoms with Crippen LogP contribution in [0.1, 0.15) is 24.9 Å². The molecule has 0 saturated heterocycles. The summed E-state index contributed by atoms with van der Waals surface area (Å²) in [5, 5.41) is 11.8. The van der Waals surface area contributed by atoms with E-state index in [1.54, 1.807) is 11.6 Å². The topological polar surface area (TPSA) is 69.9 Å². The maximum Gasteiger partial charge on any atom is 0.315 e. The molecule has 0 bridgehead atoms. The molecule has 0 saturated carbocycles. The minimum atomic E-state index is -0.219. The highest BCUT2D eigenvalue weighted by Crippen LogP contribution is 2.27. The second-order valence-corrected chi connectivity index (χ2v) is 5.37. The van der Waals surface area contributed by atoms with E-state index in [2.05, 4.69) is 15.5 Å². The standard InChI is InChI=1S/C13H16N4O2S/c1-3-19-12(18)9-20-10(2)13-14-15-16-17(13)11-7-5-4-6-8-11/h4-8,10H,3,9H2,1-2H3. The fourth-order valence-electron chi connectivity index (χ4n) is 1.67. The first-order valence-electron chi connectivity index (χ1n) is 6.33. The number of rotatable bonds is 6. The van der Waals surface area contributed by atoms with Crippen LogP contribution in [0.25, 0.3) is 5.69 Å². The van der Waals surface area contributed by atoms with Gasteiger partial charge < -0.3 is 4.74 Å². The Labute approximate surface area is 121 Å². The molecular formula is C13H16N4O2S. The number of carbonyl (C=O) groups is 1. The predicted octanol–water partition coefficient (Wildman–Crippen LogP) is 2.02. The Balaban J connectivity index is 2.06. The zero-order valence-electron chi connectivity index (χ0n) is 11.4. The van der Waals surface area contributed by atoms with E-state index >= 15 is 0 Å². The van der Waals surface area contributed by atoms with Crippen LogP contribution in [0.3, 0.4) is 0 Å². The first kappa shape index (κ1) is 14.5. The number of para-hydroxylation sites is 1. The van der Waals surface area contributed by atoms with Gasteiger partial charge >= 0.3 is 5.97 Å². The number of aromatic nitrogens is 4. The molecule has 0 aliphatic rings. The van der Waals surface area contributed by atoms with Crippen molar-refractivity contribution in [3.63, 3.8) is 0 Å². The summed E-state index contributed by atoms with van der Waals surface area (Å²) < 4.78 is 6.59. The Morgan fingerprint density at radius 1 is 1.40 bits per heavy atom. The molecule has 0 amide bonds. The first-order valence-corrected chi connectivity index (χ1v) is 7.38. The summed E-state index contributed by atoms with van der Waals surface area (Å²) in [5.74, 6) is 0.782. The number of benzene rings is 1. The van der Waals surface area contributed by atoms with Gasteiger partial charge in [0.15, 0.2) is 5.82 Å². The Morgan fingerprint density at radius 2 is 2.15 bits per heavy atom. The molecule has 7 heteroatoms. The number of hydrogen-bond acceptors (Lipinski definition) is 6. The van der Waals surface area contributed by atoms with Gasteiger partial charge in [-0.3, -0.25) is 4.79 Å². The van der Waals surface area contributed by atoms with Gasteiger partial charge in [0.1, 0.15) is 0 Å². The second-order valence-electron chi connectivity index (χ2n) is 4.04. The van der Waals surface area contributed by atoms with Crippen LogP contribution in [0.5, 0.6) is 0 Å². The fraction of sp³-hybridized carbons (Fsp3) is 0.385. The molecule has 20 heavy (non-hydrogen) atoms. The van der Waals surface area contributed by atoms with Crippen molar-refractivity contribution in [3.8, 4) is 5.69 Å². The van der Waals surface area contributed by atoms with Crippen molar-refractivity contribution in [1.29, 1.82) is 0 Å². The SMILES string of the molecule is CCOC(=O)CSC(C)c1nnnn1-c1ccccc1. The van der Waals surface area contributed by atoms with Crippen LogP contribution < -0.4 is 0 Å². The number of esters is 1. The van der Waals surface area contributed by atoms with Crippen LogP contribution in [0, 0.1) is 0 Å². The lowest BCUT2D eigenvalue weighted by Gasteiger charge is -2.10. The molecule has 1 atom stereocenters. The van der Waals surface area contributed by atoms with Gasteiger partial charge in [0, 0.05) is 0 Å². The average Bonchev–Trinajstić information content (AvgIpc) is 2.95. The van der Waals surface area contributed by atoms with Gasteiger partial charge in [-0.15, -0.1) is 16.9 Å². The Kier molecular flexibility index (Phi) is 5.11. The highest BCUT2D eigenvalue weighted by molar-refractivity contribution is 8.00. The molecule has 0 radical (unpaired) electrons. The third-order valence-electron chi connectivity index (χ3n) is 2.61. The summed E-state index contributed by atoms with van der Waals surface area (Å²) in [6.45, 7) is 4.16. The Morgan fingerprint density at radius 3 is 2.85 bits per heavy atom. The van der Waals surface area contributed by atoms with Crippen LogP contribution in [0.4, 0.5) is 0 Å². The van der Waals surface area contributed by atoms with E-state index in [1.807, 2.05) is 37.3 Å². The molecule has 0 spiro atoms. The molecular weight excluding hydrogens is 276 g/mol. The lowest BCUT2D eigenvalue weighted by atomic mass is 10.3. The summed E-state index contributed by atoms with van der Waals surface area (Å²) in [4.78, 5) is 11.4. The Hall–Kier alpha value is -1.89. The van der Waals surface area contributed by atoms with Gasteiger partial charge in [0.2, 0.25) is 0 Å². The first-order chi connectivity index (χ1) is 9.72. The van der Waals surface area contributed by atoms with Gasteiger partial charge in [-0.25, -0.2) is 0 Å². The van der Waals surface area contributed by atoms with Crippen molar-refractivity contribution < 1.29 is 9.53 Å². The molecule has 2 aromatic rings. The number of carbonyl (C=O) groups excluding carboxylic acids is 1. The third-order valence-corrected chi connectivity index (χ3v) is 3.73. The zero-order valence-corrected chi connectivity index (χ0v) is 12.2. The number of nitrogens with zero attached hydrogens (tertiary/aromatic N) is 4. The quantitative estimate of drug-likeness (QED) is 0.759. The lowest BCUT2D eigenvalue weighted by Crippen LogP contribution is -2.10. The monoisotopic (exact) mass is 292 g/mol. The molecule has 0 aliphatic carbocycles. The van der Waals surface area contributed by atoms with Gasteiger partial charge in [-0.2, -0.15) is 4.68 Å². The predicted molar refractivity (Wildman–Crippen MR) is 76.7 cm³/mol. The minimum Gasteiger partial charge on any atom is -0.465 e. The van der Waals surface area contributed by atoms with Crippen molar-refractivity contribution in [3.05, 3.63) is 36.2 Å². The van der Waals surface area contributed by atoms with Gasteiger partial charge in [-0.1, -0.05) is 18.2 Å². The molecule has 1 heterocycles. The van der Waals surface area contributed by atoms with Crippen LogP contribution in [-0.2, 0) is 9.53 Å². The molecule has 1 aromatic heterocycles. The highest BCUT2D eigenvalue weighted by atomic mass is 32.2. The average molecular weight is 292 g/mol. The minimum absolute atomic E-state index is 0.00499. The smallest absolute Gasteiger partial charge is 0.315 e. The van der Waals surface area contributed by atoms with E-state index in [9.17, 15) is 4.79 Å². The molecule has 6 nitrogen and oxygen atoms in total. The molecule has 2 rings (SSSR count). The van der Waals surface area contributed by atoms with Crippen LogP contribution >= 0.6 is 11.8 Å². The van der Waals surface area contributed by atoms with E-state index in [4.69, 9.17) is 4.74 Å². The van der Waals surface area contributed by atoms with E-state index in [0.29, 0.717) is 12.4 Å². The summed E-state index contributed by atoms with van der Waals surface area (Å²) >= 11 is 1.45. The summed E-state index contributed by atoms with van der Waals surface area (Å²) in [5.41, 5.74) is 0.899. The van der Waals surface area contributed by atoms with E-state index in [1.165, 1.54) is 11.8 Å². The lowest BCUT2D eigenvalue weighted by molar-refractivity contribution is -0.139. The van der Waals surface area contributed by atoms with Crippen molar-refractivity contribution in [2.75, 3.05) is 12.4 Å². The maximum atomic E-state index is 11.4. The van der Waals surface area contributed by atoms with Crippen LogP contribution in [-0.4, -0.2) is 38.5 Å². The Bertz CT molecular complexity index is 559. The third kappa shape index (κ3) is 3.57. The highest BCUT2D eigenvalue weighted by Gasteiger charge is 2.17. The number of thioether (sulfide) groups is 1. The molecule has 0 fully saturated rings. The van der Waals surface area contributed by atoms with Gasteiger partial charge in [-0.05, 0) is 36.4 Å². The van der Waals surface area contributed by atoms with E-state index in [0.717, 1.165) is 5.69 Å². The van der Waals surface area contributed by atoms with Crippen molar-refractivity contribution >= 4 is 17.7 Å². The normalized spacial score (nSPS) is 12.1. The van der Waals surface area contributed by atoms with E-state index < -0.39 is 0 Å². The van der Waals surface area contributed by atoms with Gasteiger partial charge in [0.05, 0.1) is 23.3 Å². The fourth-order valence-corrected chi connectivity index (χ4v) is 2.44. The van der Waals surface area contributed by atoms with E-state index in [-0.39, 0.29) is 17.0 Å². The number of ether oxygens (including phenoxy) is 1. The molecule has 0 aliphatic heterocycles.